The average Bonchev–Trinajstić information content (AvgIpc) is 2.28. The van der Waals surface area contributed by atoms with E-state index in [2.05, 4.69) is 10.3 Å². The number of rotatable bonds is 1. The fraction of sp³-hybridized carbons (Fsp3) is 0.500. The molecule has 0 spiro atoms. The van der Waals surface area contributed by atoms with Crippen molar-refractivity contribution in [3.8, 4) is 0 Å². The first-order valence-corrected chi connectivity index (χ1v) is 5.54. The fourth-order valence-electron chi connectivity index (χ4n) is 1.70. The smallest absolute Gasteiger partial charge is 0.354 e. The summed E-state index contributed by atoms with van der Waals surface area (Å²) in [6, 6.07) is 1.27. The molecule has 1 fully saturated rings. The molecule has 1 N–H and O–H groups in total. The minimum Gasteiger partial charge on any atom is -0.354 e. The Labute approximate surface area is 102 Å². The zero-order valence-electron chi connectivity index (χ0n) is 8.89. The van der Waals surface area contributed by atoms with Crippen LogP contribution < -0.4 is 10.2 Å². The number of aromatic nitrogens is 1. The monoisotopic (exact) mass is 265 g/mol. The Kier molecular flexibility index (Phi) is 3.44. The van der Waals surface area contributed by atoms with Gasteiger partial charge in [0.2, 0.25) is 0 Å². The summed E-state index contributed by atoms with van der Waals surface area (Å²) < 4.78 is 37.4. The molecule has 17 heavy (non-hydrogen) atoms. The predicted octanol–water partition coefficient (Wildman–Crippen LogP) is 2.16. The highest BCUT2D eigenvalue weighted by Crippen LogP contribution is 2.35. The third-order valence-corrected chi connectivity index (χ3v) is 2.90. The minimum absolute atomic E-state index is 0.305. The molecule has 0 bridgehead atoms. The number of alkyl halides is 3. The van der Waals surface area contributed by atoms with Crippen LogP contribution in [0.15, 0.2) is 12.3 Å². The van der Waals surface area contributed by atoms with Crippen molar-refractivity contribution < 1.29 is 13.2 Å². The molecule has 3 nitrogen and oxygen atoms in total. The molecule has 1 saturated heterocycles. The van der Waals surface area contributed by atoms with Crippen molar-refractivity contribution in [2.45, 2.75) is 6.18 Å². The number of piperazine rings is 1. The van der Waals surface area contributed by atoms with Crippen LogP contribution in [0.25, 0.3) is 0 Å². The molecular weight excluding hydrogens is 255 g/mol. The quantitative estimate of drug-likeness (QED) is 0.843. The van der Waals surface area contributed by atoms with Gasteiger partial charge in [0.1, 0.15) is 5.82 Å². The van der Waals surface area contributed by atoms with Crippen LogP contribution in [0.1, 0.15) is 5.56 Å². The first-order valence-electron chi connectivity index (χ1n) is 5.17. The van der Waals surface area contributed by atoms with Gasteiger partial charge in [-0.15, -0.1) is 0 Å². The van der Waals surface area contributed by atoms with Gasteiger partial charge in [0.05, 0.1) is 10.6 Å². The molecule has 0 atom stereocenters. The topological polar surface area (TPSA) is 28.2 Å². The van der Waals surface area contributed by atoms with Gasteiger partial charge in [-0.05, 0) is 6.07 Å². The first-order chi connectivity index (χ1) is 7.98. The largest absolute Gasteiger partial charge is 0.419 e. The Hall–Kier alpha value is -1.01. The molecule has 0 unspecified atom stereocenters. The molecule has 1 aromatic rings. The maximum absolute atomic E-state index is 12.5. The van der Waals surface area contributed by atoms with Gasteiger partial charge in [0, 0.05) is 32.4 Å². The number of nitrogens with zero attached hydrogens (tertiary/aromatic N) is 2. The summed E-state index contributed by atoms with van der Waals surface area (Å²) in [7, 11) is 0. The average molecular weight is 266 g/mol. The van der Waals surface area contributed by atoms with Crippen molar-refractivity contribution in [1.29, 1.82) is 0 Å². The van der Waals surface area contributed by atoms with E-state index in [4.69, 9.17) is 11.6 Å². The molecule has 94 valence electrons. The van der Waals surface area contributed by atoms with Crippen molar-refractivity contribution in [2.75, 3.05) is 31.1 Å². The van der Waals surface area contributed by atoms with Gasteiger partial charge in [0.25, 0.3) is 0 Å². The van der Waals surface area contributed by atoms with Crippen LogP contribution in [-0.2, 0) is 6.18 Å². The second-order valence-corrected chi connectivity index (χ2v) is 4.16. The van der Waals surface area contributed by atoms with Crippen LogP contribution in [0.3, 0.4) is 0 Å². The van der Waals surface area contributed by atoms with Crippen LogP contribution in [0.5, 0.6) is 0 Å². The van der Waals surface area contributed by atoms with Gasteiger partial charge < -0.3 is 10.2 Å². The van der Waals surface area contributed by atoms with E-state index >= 15 is 0 Å². The Morgan fingerprint density at radius 2 is 1.94 bits per heavy atom. The number of hydrogen-bond acceptors (Lipinski definition) is 3. The van der Waals surface area contributed by atoms with Gasteiger partial charge in [-0.3, -0.25) is 0 Å². The lowest BCUT2D eigenvalue weighted by molar-refractivity contribution is -0.137. The Morgan fingerprint density at radius 3 is 2.47 bits per heavy atom. The molecule has 2 rings (SSSR count). The highest BCUT2D eigenvalue weighted by Gasteiger charge is 2.34. The van der Waals surface area contributed by atoms with Gasteiger partial charge in [-0.1, -0.05) is 11.6 Å². The lowest BCUT2D eigenvalue weighted by Crippen LogP contribution is -2.43. The summed E-state index contributed by atoms with van der Waals surface area (Å²) in [4.78, 5) is 5.73. The van der Waals surface area contributed by atoms with E-state index in [1.807, 2.05) is 4.90 Å². The molecule has 0 aromatic carbocycles. The minimum atomic E-state index is -4.45. The summed E-state index contributed by atoms with van der Waals surface area (Å²) in [6.45, 7) is 3.02. The Balaban J connectivity index is 2.24. The molecule has 0 saturated carbocycles. The number of halogens is 4. The number of pyridine rings is 1. The number of hydrogen-bond donors (Lipinski definition) is 1. The maximum atomic E-state index is 12.5. The van der Waals surface area contributed by atoms with Crippen molar-refractivity contribution in [3.05, 3.63) is 22.8 Å². The second kappa shape index (κ2) is 4.70. The summed E-state index contributed by atoms with van der Waals surface area (Å²) in [6.07, 6.45) is -3.66. The molecule has 0 radical (unpaired) electrons. The lowest BCUT2D eigenvalue weighted by atomic mass is 10.2. The maximum Gasteiger partial charge on any atom is 0.419 e. The highest BCUT2D eigenvalue weighted by atomic mass is 35.5. The van der Waals surface area contributed by atoms with Gasteiger partial charge in [-0.2, -0.15) is 13.2 Å². The predicted molar refractivity (Wildman–Crippen MR) is 59.3 cm³/mol. The van der Waals surface area contributed by atoms with Crippen molar-refractivity contribution >= 4 is 17.4 Å². The third-order valence-electron chi connectivity index (χ3n) is 2.59. The molecule has 1 aliphatic heterocycles. The first kappa shape index (κ1) is 12.4. The molecule has 0 amide bonds. The fourth-order valence-corrected chi connectivity index (χ4v) is 1.95. The number of nitrogens with one attached hydrogen (secondary N) is 1. The van der Waals surface area contributed by atoms with Crippen LogP contribution in [0, 0.1) is 0 Å². The summed E-state index contributed by atoms with van der Waals surface area (Å²) in [5.41, 5.74) is -0.891. The zero-order valence-corrected chi connectivity index (χ0v) is 9.65. The van der Waals surface area contributed by atoms with Crippen LogP contribution in [0.2, 0.25) is 5.02 Å². The van der Waals surface area contributed by atoms with Crippen molar-refractivity contribution in [3.63, 3.8) is 0 Å². The molecule has 0 aliphatic carbocycles. The number of anilines is 1. The summed E-state index contributed by atoms with van der Waals surface area (Å²) in [5, 5.41) is 2.85. The van der Waals surface area contributed by atoms with E-state index in [0.29, 0.717) is 18.9 Å². The Morgan fingerprint density at radius 1 is 1.29 bits per heavy atom. The zero-order chi connectivity index (χ0) is 12.5. The van der Waals surface area contributed by atoms with E-state index in [9.17, 15) is 13.2 Å². The van der Waals surface area contributed by atoms with E-state index < -0.39 is 11.7 Å². The summed E-state index contributed by atoms with van der Waals surface area (Å²) in [5.74, 6) is 0.490. The van der Waals surface area contributed by atoms with Crippen molar-refractivity contribution in [1.82, 2.24) is 10.3 Å². The van der Waals surface area contributed by atoms with E-state index in [0.717, 1.165) is 19.3 Å². The Bertz CT molecular complexity index is 402. The van der Waals surface area contributed by atoms with Crippen LogP contribution in [0.4, 0.5) is 19.0 Å². The lowest BCUT2D eigenvalue weighted by Gasteiger charge is -2.28. The van der Waals surface area contributed by atoms with Crippen LogP contribution >= 0.6 is 11.6 Å². The molecule has 2 heterocycles. The van der Waals surface area contributed by atoms with E-state index in [1.165, 1.54) is 6.07 Å². The standard InChI is InChI=1S/C10H11ClF3N3/c11-8-5-9(17-3-1-15-2-4-17)16-6-7(8)10(12,13)14/h5-6,15H,1-4H2. The second-order valence-electron chi connectivity index (χ2n) is 3.76. The van der Waals surface area contributed by atoms with E-state index in [-0.39, 0.29) is 5.02 Å². The van der Waals surface area contributed by atoms with Crippen molar-refractivity contribution in [2.24, 2.45) is 0 Å². The molecule has 1 aliphatic rings. The van der Waals surface area contributed by atoms with Gasteiger partial charge in [0.15, 0.2) is 0 Å². The molecule has 7 heteroatoms. The molecule has 1 aromatic heterocycles. The van der Waals surface area contributed by atoms with E-state index in [1.54, 1.807) is 0 Å². The van der Waals surface area contributed by atoms with Gasteiger partial charge in [-0.25, -0.2) is 4.98 Å². The summed E-state index contributed by atoms with van der Waals surface area (Å²) >= 11 is 5.63. The normalized spacial score (nSPS) is 17.3. The van der Waals surface area contributed by atoms with Crippen LogP contribution in [-0.4, -0.2) is 31.2 Å². The highest BCUT2D eigenvalue weighted by molar-refractivity contribution is 6.31. The molecular formula is C10H11ClF3N3. The SMILES string of the molecule is FC(F)(F)c1cnc(N2CCNCC2)cc1Cl. The third kappa shape index (κ3) is 2.81. The van der Waals surface area contributed by atoms with Gasteiger partial charge >= 0.3 is 6.18 Å².